The molecule has 204 valence electrons. The van der Waals surface area contributed by atoms with E-state index in [9.17, 15) is 18.0 Å². The molecule has 2 rings (SSSR count). The van der Waals surface area contributed by atoms with E-state index in [4.69, 9.17) is 30.6 Å². The Kier molecular flexibility index (Phi) is 10.6. The molecule has 0 bridgehead atoms. The van der Waals surface area contributed by atoms with Crippen LogP contribution in [-0.4, -0.2) is 37.6 Å². The van der Waals surface area contributed by atoms with Crippen LogP contribution in [0.15, 0.2) is 36.5 Å². The second kappa shape index (κ2) is 12.8. The van der Waals surface area contributed by atoms with Crippen molar-refractivity contribution in [1.29, 1.82) is 0 Å². The number of carboxylic acid groups (broad SMARTS) is 1. The zero-order valence-electron chi connectivity index (χ0n) is 21.7. The summed E-state index contributed by atoms with van der Waals surface area (Å²) in [6, 6.07) is 5.41. The van der Waals surface area contributed by atoms with E-state index in [-0.39, 0.29) is 23.3 Å². The normalized spacial score (nSPS) is 12.7. The first-order valence-corrected chi connectivity index (χ1v) is 14.4. The number of alkyl halides is 3. The number of aliphatic carboxylic acids is 1. The first-order valence-electron chi connectivity index (χ1n) is 11.9. The standard InChI is InChI=1S/C26H33ClF3NO5Si/c1-16(2)37(17(3)4,18(5)6)35-12-11-34-21-9-7-19(8-10-24(32)33)23(14-21)36-25-22(27)13-20(15-31-25)26(28,29)30/h7-10,13-18H,11-12H2,1-6H3,(H,32,33)/b10-8+. The van der Waals surface area contributed by atoms with Crippen LogP contribution in [0, 0.1) is 0 Å². The fraction of sp³-hybridized carbons (Fsp3) is 0.462. The first kappa shape index (κ1) is 30.7. The highest BCUT2D eigenvalue weighted by molar-refractivity contribution is 6.77. The van der Waals surface area contributed by atoms with Gasteiger partial charge in [0.2, 0.25) is 5.88 Å². The largest absolute Gasteiger partial charge is 0.491 e. The summed E-state index contributed by atoms with van der Waals surface area (Å²) in [5, 5.41) is 8.64. The van der Waals surface area contributed by atoms with E-state index in [2.05, 4.69) is 46.5 Å². The van der Waals surface area contributed by atoms with Crippen molar-refractivity contribution >= 4 is 32.0 Å². The Morgan fingerprint density at radius 1 is 1.08 bits per heavy atom. The number of aromatic nitrogens is 1. The summed E-state index contributed by atoms with van der Waals surface area (Å²) in [6.07, 6.45) is -1.80. The molecule has 1 heterocycles. The lowest BCUT2D eigenvalue weighted by atomic mass is 10.1. The molecule has 11 heteroatoms. The smallest absolute Gasteiger partial charge is 0.417 e. The van der Waals surface area contributed by atoms with Gasteiger partial charge in [-0.1, -0.05) is 53.1 Å². The average Bonchev–Trinajstić information content (AvgIpc) is 2.78. The number of carboxylic acids is 1. The summed E-state index contributed by atoms with van der Waals surface area (Å²) in [7, 11) is -2.06. The summed E-state index contributed by atoms with van der Waals surface area (Å²) >= 11 is 5.98. The Morgan fingerprint density at radius 3 is 2.22 bits per heavy atom. The predicted molar refractivity (Wildman–Crippen MR) is 140 cm³/mol. The molecule has 0 amide bonds. The quantitative estimate of drug-likeness (QED) is 0.160. The summed E-state index contributed by atoms with van der Waals surface area (Å²) in [6.45, 7) is 13.8. The lowest BCUT2D eigenvalue weighted by Crippen LogP contribution is -2.48. The van der Waals surface area contributed by atoms with E-state index in [1.54, 1.807) is 12.1 Å². The summed E-state index contributed by atoms with van der Waals surface area (Å²) in [4.78, 5) is 14.7. The van der Waals surface area contributed by atoms with E-state index in [0.29, 0.717) is 46.8 Å². The third-order valence-corrected chi connectivity index (χ3v) is 12.5. The third-order valence-electron chi connectivity index (χ3n) is 6.14. The van der Waals surface area contributed by atoms with E-state index < -0.39 is 26.0 Å². The molecule has 0 atom stereocenters. The Bertz CT molecular complexity index is 1080. The number of rotatable bonds is 12. The fourth-order valence-corrected chi connectivity index (χ4v) is 10.3. The second-order valence-corrected chi connectivity index (χ2v) is 15.4. The van der Waals surface area contributed by atoms with E-state index in [1.165, 1.54) is 12.1 Å². The molecule has 0 spiro atoms. The SMILES string of the molecule is CC(C)[Si](OCCOc1ccc(/C=C/C(=O)O)c(Oc2ncc(C(F)(F)F)cc2Cl)c1)(C(C)C)C(C)C. The van der Waals surface area contributed by atoms with Crippen LogP contribution in [0.4, 0.5) is 13.2 Å². The number of carbonyl (C=O) groups is 1. The number of hydrogen-bond donors (Lipinski definition) is 1. The van der Waals surface area contributed by atoms with Gasteiger partial charge in [0.25, 0.3) is 0 Å². The van der Waals surface area contributed by atoms with E-state index >= 15 is 0 Å². The molecule has 37 heavy (non-hydrogen) atoms. The molecule has 0 aliphatic heterocycles. The Hall–Kier alpha value is -2.56. The van der Waals surface area contributed by atoms with Crippen molar-refractivity contribution in [2.24, 2.45) is 0 Å². The van der Waals surface area contributed by atoms with Gasteiger partial charge < -0.3 is 19.0 Å². The van der Waals surface area contributed by atoms with Gasteiger partial charge in [0.15, 0.2) is 8.32 Å². The van der Waals surface area contributed by atoms with Crippen molar-refractivity contribution in [3.05, 3.63) is 52.7 Å². The number of nitrogens with zero attached hydrogens (tertiary/aromatic N) is 1. The van der Waals surface area contributed by atoms with Crippen molar-refractivity contribution < 1.29 is 37.0 Å². The predicted octanol–water partition coefficient (Wildman–Crippen LogP) is 8.21. The zero-order valence-corrected chi connectivity index (χ0v) is 23.5. The van der Waals surface area contributed by atoms with Gasteiger partial charge >= 0.3 is 12.1 Å². The highest BCUT2D eigenvalue weighted by atomic mass is 35.5. The van der Waals surface area contributed by atoms with Crippen LogP contribution < -0.4 is 9.47 Å². The maximum Gasteiger partial charge on any atom is 0.417 e. The van der Waals surface area contributed by atoms with Crippen molar-refractivity contribution in [1.82, 2.24) is 4.98 Å². The molecule has 0 unspecified atom stereocenters. The van der Waals surface area contributed by atoms with Gasteiger partial charge in [-0.15, -0.1) is 0 Å². The molecule has 6 nitrogen and oxygen atoms in total. The molecular formula is C26H33ClF3NO5Si. The minimum atomic E-state index is -4.61. The fourth-order valence-electron chi connectivity index (χ4n) is 4.63. The summed E-state index contributed by atoms with van der Waals surface area (Å²) in [5.74, 6) is -0.927. The van der Waals surface area contributed by atoms with Crippen molar-refractivity contribution in [2.75, 3.05) is 13.2 Å². The number of ether oxygens (including phenoxy) is 2. The van der Waals surface area contributed by atoms with Gasteiger partial charge in [0.05, 0.1) is 12.2 Å². The van der Waals surface area contributed by atoms with Crippen molar-refractivity contribution in [3.63, 3.8) is 0 Å². The van der Waals surface area contributed by atoms with Crippen LogP contribution in [-0.2, 0) is 15.4 Å². The minimum absolute atomic E-state index is 0.111. The van der Waals surface area contributed by atoms with Crippen LogP contribution >= 0.6 is 11.6 Å². The molecule has 0 saturated heterocycles. The molecule has 2 aromatic rings. The number of hydrogen-bond acceptors (Lipinski definition) is 5. The molecule has 1 aromatic carbocycles. The van der Waals surface area contributed by atoms with Crippen molar-refractivity contribution in [3.8, 4) is 17.4 Å². The topological polar surface area (TPSA) is 77.9 Å². The van der Waals surface area contributed by atoms with Gasteiger partial charge in [0.1, 0.15) is 23.1 Å². The second-order valence-electron chi connectivity index (χ2n) is 9.50. The molecule has 0 aliphatic carbocycles. The van der Waals surface area contributed by atoms with Crippen LogP contribution in [0.1, 0.15) is 52.7 Å². The maximum atomic E-state index is 12.9. The molecule has 0 saturated carbocycles. The molecule has 1 aromatic heterocycles. The average molecular weight is 560 g/mol. The number of benzene rings is 1. The Balaban J connectivity index is 2.25. The monoisotopic (exact) mass is 559 g/mol. The van der Waals surface area contributed by atoms with E-state index in [1.807, 2.05) is 0 Å². The van der Waals surface area contributed by atoms with Crippen LogP contribution in [0.2, 0.25) is 21.6 Å². The molecule has 1 N–H and O–H groups in total. The van der Waals surface area contributed by atoms with E-state index in [0.717, 1.165) is 6.08 Å². The summed E-state index contributed by atoms with van der Waals surface area (Å²) in [5.41, 5.74) is 0.600. The molecule has 0 radical (unpaired) electrons. The van der Waals surface area contributed by atoms with Gasteiger partial charge in [-0.25, -0.2) is 9.78 Å². The van der Waals surface area contributed by atoms with Crippen LogP contribution in [0.25, 0.3) is 6.08 Å². The first-order chi connectivity index (χ1) is 17.2. The zero-order chi connectivity index (χ0) is 28.0. The van der Waals surface area contributed by atoms with Crippen LogP contribution in [0.5, 0.6) is 17.4 Å². The van der Waals surface area contributed by atoms with Crippen molar-refractivity contribution in [2.45, 2.75) is 64.3 Å². The van der Waals surface area contributed by atoms with Gasteiger partial charge in [-0.2, -0.15) is 13.2 Å². The Labute approximate surface area is 221 Å². The number of halogens is 4. The lowest BCUT2D eigenvalue weighted by molar-refractivity contribution is -0.138. The highest BCUT2D eigenvalue weighted by Crippen LogP contribution is 2.42. The lowest BCUT2D eigenvalue weighted by Gasteiger charge is -2.42. The van der Waals surface area contributed by atoms with Gasteiger partial charge in [-0.3, -0.25) is 0 Å². The maximum absolute atomic E-state index is 12.9. The minimum Gasteiger partial charge on any atom is -0.491 e. The highest BCUT2D eigenvalue weighted by Gasteiger charge is 2.44. The van der Waals surface area contributed by atoms with Gasteiger partial charge in [0, 0.05) is 23.9 Å². The third kappa shape index (κ3) is 7.96. The molecule has 0 aliphatic rings. The molecular weight excluding hydrogens is 527 g/mol. The Morgan fingerprint density at radius 2 is 1.70 bits per heavy atom. The van der Waals surface area contributed by atoms with Crippen LogP contribution in [0.3, 0.4) is 0 Å². The molecule has 0 fully saturated rings. The summed E-state index contributed by atoms with van der Waals surface area (Å²) < 4.78 is 56.9. The van der Waals surface area contributed by atoms with Gasteiger partial charge in [-0.05, 0) is 40.9 Å². The number of pyridine rings is 1.